The second-order valence-electron chi connectivity index (χ2n) is 7.45. The number of ether oxygens (including phenoxy) is 1. The molecule has 1 fully saturated rings. The topological polar surface area (TPSA) is 44.8 Å². The number of hydrogen-bond acceptors (Lipinski definition) is 4. The molecule has 1 N–H and O–H groups in total. The highest BCUT2D eigenvalue weighted by atomic mass is 16.5. The van der Waals surface area contributed by atoms with Gasteiger partial charge in [0.05, 0.1) is 11.7 Å². The van der Waals surface area contributed by atoms with Gasteiger partial charge >= 0.3 is 0 Å². The average molecular weight is 380 g/mol. The quantitative estimate of drug-likeness (QED) is 0.814. The zero-order valence-corrected chi connectivity index (χ0v) is 16.7. The molecule has 1 saturated heterocycles. The van der Waals surface area contributed by atoms with Gasteiger partial charge in [-0.3, -0.25) is 4.79 Å². The zero-order valence-electron chi connectivity index (χ0n) is 16.7. The van der Waals surface area contributed by atoms with Crippen molar-refractivity contribution in [2.24, 2.45) is 0 Å². The molecule has 2 aromatic carbocycles. The Bertz CT molecular complexity index is 811. The minimum atomic E-state index is -0.183. The van der Waals surface area contributed by atoms with E-state index in [4.69, 9.17) is 4.74 Å². The smallest absolute Gasteiger partial charge is 0.257 e. The summed E-state index contributed by atoms with van der Waals surface area (Å²) >= 11 is 0. The molecule has 2 aliphatic rings. The van der Waals surface area contributed by atoms with E-state index in [1.807, 2.05) is 29.2 Å². The van der Waals surface area contributed by atoms with Crippen molar-refractivity contribution >= 4 is 17.3 Å². The number of rotatable bonds is 6. The monoisotopic (exact) mass is 379 g/mol. The molecule has 2 aromatic rings. The van der Waals surface area contributed by atoms with E-state index in [1.165, 1.54) is 5.69 Å². The minimum Gasteiger partial charge on any atom is -0.376 e. The van der Waals surface area contributed by atoms with Gasteiger partial charge in [-0.25, -0.2) is 0 Å². The van der Waals surface area contributed by atoms with Crippen molar-refractivity contribution in [2.75, 3.05) is 36.5 Å². The van der Waals surface area contributed by atoms with Gasteiger partial charge in [0.1, 0.15) is 6.17 Å². The third kappa shape index (κ3) is 3.59. The molecule has 5 nitrogen and oxygen atoms in total. The van der Waals surface area contributed by atoms with Gasteiger partial charge in [-0.1, -0.05) is 24.3 Å². The molecule has 0 spiro atoms. The summed E-state index contributed by atoms with van der Waals surface area (Å²) in [5.41, 5.74) is 3.93. The van der Waals surface area contributed by atoms with Crippen LogP contribution in [0.25, 0.3) is 0 Å². The number of amides is 1. The lowest BCUT2D eigenvalue weighted by Gasteiger charge is -2.39. The van der Waals surface area contributed by atoms with Crippen LogP contribution in [0.15, 0.2) is 48.5 Å². The van der Waals surface area contributed by atoms with Gasteiger partial charge in [0.2, 0.25) is 0 Å². The van der Waals surface area contributed by atoms with Crippen LogP contribution in [0, 0.1) is 0 Å². The molecule has 5 heteroatoms. The number of carbonyl (C=O) groups is 1. The Morgan fingerprint density at radius 2 is 1.86 bits per heavy atom. The first-order valence-corrected chi connectivity index (χ1v) is 10.3. The lowest BCUT2D eigenvalue weighted by atomic mass is 10.0. The van der Waals surface area contributed by atoms with Gasteiger partial charge < -0.3 is 19.9 Å². The van der Waals surface area contributed by atoms with E-state index in [2.05, 4.69) is 48.3 Å². The summed E-state index contributed by atoms with van der Waals surface area (Å²) in [5, 5.41) is 3.58. The number of para-hydroxylation sites is 1. The van der Waals surface area contributed by atoms with Crippen molar-refractivity contribution in [3.05, 3.63) is 59.7 Å². The standard InChI is InChI=1S/C23H29N3O2/c1-3-25(4-2)18-13-11-17(12-14-18)22-24-21-10-6-5-9-20(21)23(27)26(22)16-19-8-7-15-28-19/h5-6,9-14,19,22,24H,3-4,7-8,15-16H2,1-2H3/t19-,22-/m0/s1. The summed E-state index contributed by atoms with van der Waals surface area (Å²) in [5.74, 6) is 0.0719. The lowest BCUT2D eigenvalue weighted by molar-refractivity contribution is 0.0427. The molecule has 0 aliphatic carbocycles. The minimum absolute atomic E-state index is 0.0719. The Kier molecular flexibility index (Phi) is 5.53. The highest BCUT2D eigenvalue weighted by Gasteiger charge is 2.35. The second kappa shape index (κ2) is 8.23. The van der Waals surface area contributed by atoms with Crippen molar-refractivity contribution in [3.8, 4) is 0 Å². The maximum atomic E-state index is 13.3. The molecule has 0 unspecified atom stereocenters. The maximum Gasteiger partial charge on any atom is 0.257 e. The van der Waals surface area contributed by atoms with Crippen LogP contribution >= 0.6 is 0 Å². The Morgan fingerprint density at radius 1 is 1.11 bits per heavy atom. The summed E-state index contributed by atoms with van der Waals surface area (Å²) in [6.07, 6.45) is 2.02. The van der Waals surface area contributed by atoms with Crippen molar-refractivity contribution < 1.29 is 9.53 Å². The number of nitrogens with zero attached hydrogens (tertiary/aromatic N) is 2. The van der Waals surface area contributed by atoms with Crippen LogP contribution < -0.4 is 10.2 Å². The molecule has 0 saturated carbocycles. The molecule has 1 amide bonds. The van der Waals surface area contributed by atoms with Gasteiger partial charge in [0.25, 0.3) is 5.91 Å². The molecular weight excluding hydrogens is 350 g/mol. The number of hydrogen-bond donors (Lipinski definition) is 1. The van der Waals surface area contributed by atoms with E-state index < -0.39 is 0 Å². The molecule has 0 bridgehead atoms. The number of anilines is 2. The molecule has 28 heavy (non-hydrogen) atoms. The number of carbonyl (C=O) groups excluding carboxylic acids is 1. The molecule has 2 heterocycles. The number of nitrogens with one attached hydrogen (secondary N) is 1. The van der Waals surface area contributed by atoms with Gasteiger partial charge in [-0.2, -0.15) is 0 Å². The second-order valence-corrected chi connectivity index (χ2v) is 7.45. The van der Waals surface area contributed by atoms with Gasteiger partial charge in [-0.15, -0.1) is 0 Å². The largest absolute Gasteiger partial charge is 0.376 e. The molecule has 2 aliphatic heterocycles. The Hall–Kier alpha value is -2.53. The van der Waals surface area contributed by atoms with Crippen LogP contribution in [0.5, 0.6) is 0 Å². The normalized spacial score (nSPS) is 21.4. The maximum absolute atomic E-state index is 13.3. The zero-order chi connectivity index (χ0) is 19.5. The van der Waals surface area contributed by atoms with E-state index in [9.17, 15) is 4.79 Å². The predicted octanol–water partition coefficient (Wildman–Crippen LogP) is 4.28. The summed E-state index contributed by atoms with van der Waals surface area (Å²) in [6.45, 7) is 7.70. The average Bonchev–Trinajstić information content (AvgIpc) is 3.25. The van der Waals surface area contributed by atoms with E-state index in [0.29, 0.717) is 6.54 Å². The molecule has 0 radical (unpaired) electrons. The fourth-order valence-corrected chi connectivity index (χ4v) is 4.21. The Labute approximate surface area is 167 Å². The van der Waals surface area contributed by atoms with E-state index in [-0.39, 0.29) is 18.2 Å². The summed E-state index contributed by atoms with van der Waals surface area (Å²) in [7, 11) is 0. The van der Waals surface area contributed by atoms with E-state index in [1.54, 1.807) is 0 Å². The fourth-order valence-electron chi connectivity index (χ4n) is 4.21. The van der Waals surface area contributed by atoms with Crippen molar-refractivity contribution in [1.29, 1.82) is 0 Å². The van der Waals surface area contributed by atoms with Crippen LogP contribution in [-0.4, -0.2) is 43.2 Å². The van der Waals surface area contributed by atoms with Gasteiger partial charge in [0, 0.05) is 37.6 Å². The van der Waals surface area contributed by atoms with Gasteiger partial charge in [-0.05, 0) is 56.5 Å². The highest BCUT2D eigenvalue weighted by molar-refractivity contribution is 6.01. The number of fused-ring (bicyclic) bond motifs is 1. The molecule has 148 valence electrons. The van der Waals surface area contributed by atoms with Crippen molar-refractivity contribution in [1.82, 2.24) is 4.90 Å². The third-order valence-electron chi connectivity index (χ3n) is 5.78. The van der Waals surface area contributed by atoms with E-state index in [0.717, 1.165) is 49.4 Å². The molecule has 2 atom stereocenters. The Balaban J connectivity index is 1.65. The fraction of sp³-hybridized carbons (Fsp3) is 0.435. The summed E-state index contributed by atoms with van der Waals surface area (Å²) in [4.78, 5) is 17.5. The molecular formula is C23H29N3O2. The first-order valence-electron chi connectivity index (χ1n) is 10.3. The van der Waals surface area contributed by atoms with Crippen molar-refractivity contribution in [3.63, 3.8) is 0 Å². The summed E-state index contributed by atoms with van der Waals surface area (Å²) < 4.78 is 5.83. The van der Waals surface area contributed by atoms with Crippen molar-refractivity contribution in [2.45, 2.75) is 39.0 Å². The van der Waals surface area contributed by atoms with Crippen LogP contribution in [-0.2, 0) is 4.74 Å². The van der Waals surface area contributed by atoms with Crippen LogP contribution in [0.1, 0.15) is 48.8 Å². The third-order valence-corrected chi connectivity index (χ3v) is 5.78. The first kappa shape index (κ1) is 18.8. The molecule has 4 rings (SSSR count). The van der Waals surface area contributed by atoms with Crippen LogP contribution in [0.2, 0.25) is 0 Å². The summed E-state index contributed by atoms with van der Waals surface area (Å²) in [6, 6.07) is 16.3. The lowest BCUT2D eigenvalue weighted by Crippen LogP contribution is -2.46. The van der Waals surface area contributed by atoms with Crippen LogP contribution in [0.3, 0.4) is 0 Å². The van der Waals surface area contributed by atoms with E-state index >= 15 is 0 Å². The van der Waals surface area contributed by atoms with Gasteiger partial charge in [0.15, 0.2) is 0 Å². The first-order chi connectivity index (χ1) is 13.7. The van der Waals surface area contributed by atoms with Crippen LogP contribution in [0.4, 0.5) is 11.4 Å². The Morgan fingerprint density at radius 3 is 2.54 bits per heavy atom. The molecule has 0 aromatic heterocycles. The predicted molar refractivity (Wildman–Crippen MR) is 113 cm³/mol. The number of benzene rings is 2. The SMILES string of the molecule is CCN(CC)c1ccc([C@H]2Nc3ccccc3C(=O)N2C[C@@H]2CCCO2)cc1. The highest BCUT2D eigenvalue weighted by Crippen LogP contribution is 2.34.